The Morgan fingerprint density at radius 1 is 1.11 bits per heavy atom. The van der Waals surface area contributed by atoms with Gasteiger partial charge in [-0.3, -0.25) is 4.79 Å². The van der Waals surface area contributed by atoms with Crippen molar-refractivity contribution >= 4 is 40.8 Å². The van der Waals surface area contributed by atoms with E-state index in [9.17, 15) is 22.4 Å². The van der Waals surface area contributed by atoms with Crippen LogP contribution in [0.4, 0.5) is 28.9 Å². The normalized spacial score (nSPS) is 11.3. The number of benzene rings is 1. The van der Waals surface area contributed by atoms with E-state index in [1.54, 1.807) is 18.4 Å². The van der Waals surface area contributed by atoms with Gasteiger partial charge in [-0.15, -0.1) is 0 Å². The van der Waals surface area contributed by atoms with Gasteiger partial charge in [-0.25, -0.2) is 19.3 Å². The molecule has 3 heterocycles. The maximum absolute atomic E-state index is 14.0. The molecule has 8 nitrogen and oxygen atoms in total. The summed E-state index contributed by atoms with van der Waals surface area (Å²) in [5.74, 6) is -1.56. The van der Waals surface area contributed by atoms with E-state index >= 15 is 0 Å². The first-order valence-electron chi connectivity index (χ1n) is 10.8. The van der Waals surface area contributed by atoms with E-state index in [-0.39, 0.29) is 29.3 Å². The van der Waals surface area contributed by atoms with Crippen molar-refractivity contribution in [1.82, 2.24) is 19.5 Å². The minimum Gasteiger partial charge on any atom is -0.486 e. The van der Waals surface area contributed by atoms with Crippen molar-refractivity contribution in [1.29, 1.82) is 0 Å². The molecule has 4 aromatic rings. The molecule has 0 aliphatic rings. The molecule has 3 aromatic heterocycles. The van der Waals surface area contributed by atoms with Gasteiger partial charge in [0.05, 0.1) is 17.5 Å². The number of ether oxygens (including phenoxy) is 1. The molecule has 38 heavy (non-hydrogen) atoms. The van der Waals surface area contributed by atoms with E-state index in [1.807, 2.05) is 0 Å². The number of amides is 1. The molecule has 0 saturated carbocycles. The molecule has 0 spiro atoms. The number of alkyl halides is 3. The van der Waals surface area contributed by atoms with E-state index in [4.69, 9.17) is 16.3 Å². The van der Waals surface area contributed by atoms with Gasteiger partial charge in [0.15, 0.2) is 5.75 Å². The van der Waals surface area contributed by atoms with Gasteiger partial charge in [-0.1, -0.05) is 23.5 Å². The number of halogens is 5. The Kier molecular flexibility index (Phi) is 8.37. The zero-order valence-electron chi connectivity index (χ0n) is 19.6. The van der Waals surface area contributed by atoms with Gasteiger partial charge in [0.2, 0.25) is 0 Å². The highest BCUT2D eigenvalue weighted by Gasteiger charge is 2.31. The first-order chi connectivity index (χ1) is 18.1. The third-order valence-corrected chi connectivity index (χ3v) is 5.61. The molecule has 1 amide bonds. The lowest BCUT2D eigenvalue weighted by atomic mass is 10.2. The van der Waals surface area contributed by atoms with Crippen LogP contribution in [0.15, 0.2) is 61.4 Å². The number of hydrogen-bond acceptors (Lipinski definition) is 7. The molecule has 0 saturated heterocycles. The summed E-state index contributed by atoms with van der Waals surface area (Å²) in [5, 5.41) is 2.97. The molecule has 0 bridgehead atoms. The maximum atomic E-state index is 14.0. The molecule has 0 aliphatic heterocycles. The van der Waals surface area contributed by atoms with Crippen LogP contribution >= 0.6 is 23.5 Å². The molecule has 198 valence electrons. The van der Waals surface area contributed by atoms with E-state index < -0.39 is 24.4 Å². The number of anilines is 2. The van der Waals surface area contributed by atoms with Gasteiger partial charge in [-0.2, -0.15) is 13.2 Å². The summed E-state index contributed by atoms with van der Waals surface area (Å²) in [6, 6.07) is 7.00. The first kappa shape index (κ1) is 27.2. The lowest BCUT2D eigenvalue weighted by molar-refractivity contribution is -0.140. The molecule has 2 N–H and O–H groups in total. The maximum Gasteiger partial charge on any atom is 0.406 e. The zero-order valence-corrected chi connectivity index (χ0v) is 21.2. The van der Waals surface area contributed by atoms with Gasteiger partial charge in [-0.05, 0) is 24.3 Å². The van der Waals surface area contributed by atoms with Crippen molar-refractivity contribution in [2.45, 2.75) is 19.3 Å². The fraction of sp³-hybridized carbons (Fsp3) is 0.167. The van der Waals surface area contributed by atoms with Gasteiger partial charge in [0.1, 0.15) is 31.0 Å². The summed E-state index contributed by atoms with van der Waals surface area (Å²) < 4.78 is 63.7. The smallest absolute Gasteiger partial charge is 0.406 e. The van der Waals surface area contributed by atoms with Crippen LogP contribution in [0.5, 0.6) is 5.75 Å². The largest absolute Gasteiger partial charge is 0.486 e. The Labute approximate surface area is 223 Å². The molecule has 4 rings (SSSR count). The van der Waals surface area contributed by atoms with Crippen molar-refractivity contribution in [3.05, 3.63) is 83.4 Å². The fourth-order valence-electron chi connectivity index (χ4n) is 3.49. The molecule has 0 atom stereocenters. The Balaban J connectivity index is 1.68. The van der Waals surface area contributed by atoms with Crippen LogP contribution in [-0.2, 0) is 13.2 Å². The number of nitrogens with one attached hydrogen (secondary N) is 2. The summed E-state index contributed by atoms with van der Waals surface area (Å²) >= 11 is 7.43. The van der Waals surface area contributed by atoms with Crippen molar-refractivity contribution in [3.63, 3.8) is 0 Å². The fourth-order valence-corrected chi connectivity index (χ4v) is 4.08. The highest BCUT2D eigenvalue weighted by Crippen LogP contribution is 2.33. The first-order valence-corrected chi connectivity index (χ1v) is 12.4. The molecule has 14 heteroatoms. The lowest BCUT2D eigenvalue weighted by Gasteiger charge is -2.14. The van der Waals surface area contributed by atoms with Crippen LogP contribution in [-0.4, -0.2) is 37.9 Å². The number of hydrogen-bond donors (Lipinski definition) is 2. The number of nitrogens with zero attached hydrogens (tertiary/aromatic N) is 4. The van der Waals surface area contributed by atoms with Crippen LogP contribution in [0, 0.1) is 5.82 Å². The van der Waals surface area contributed by atoms with Crippen LogP contribution in [0.2, 0.25) is 5.02 Å². The standard InChI is InChI=1S/C24H19ClF4N6O2S/c1-38-34-19-4-16(25)3-18(6-19)33-23(36)15-2-20(35(10-15)12-24(27,28)29)22-21(5-17(26)9-32-22)37-11-14-7-30-13-31-8-14/h2-10,13,34H,11-12H2,1H3,(H,33,36). The average Bonchev–Trinajstić information content (AvgIpc) is 3.25. The van der Waals surface area contributed by atoms with Gasteiger partial charge >= 0.3 is 6.18 Å². The molecule has 0 unspecified atom stereocenters. The lowest BCUT2D eigenvalue weighted by Crippen LogP contribution is -2.18. The topological polar surface area (TPSA) is 94.0 Å². The monoisotopic (exact) mass is 566 g/mol. The third kappa shape index (κ3) is 7.13. The van der Waals surface area contributed by atoms with E-state index in [0.29, 0.717) is 22.0 Å². The molecule has 0 aliphatic carbocycles. The highest BCUT2D eigenvalue weighted by atomic mass is 35.5. The SMILES string of the molecule is CSNc1cc(Cl)cc(NC(=O)c2cc(-c3ncc(F)cc3OCc3cncnc3)n(CC(F)(F)F)c2)c1. The number of pyridine rings is 1. The summed E-state index contributed by atoms with van der Waals surface area (Å²) in [7, 11) is 0. The average molecular weight is 567 g/mol. The minimum atomic E-state index is -4.62. The van der Waals surface area contributed by atoms with Gasteiger partial charge < -0.3 is 19.3 Å². The van der Waals surface area contributed by atoms with Crippen LogP contribution in [0.25, 0.3) is 11.4 Å². The summed E-state index contributed by atoms with van der Waals surface area (Å²) in [5.41, 5.74) is 1.24. The number of carbonyl (C=O) groups is 1. The predicted octanol–water partition coefficient (Wildman–Crippen LogP) is 6.22. The van der Waals surface area contributed by atoms with Crippen LogP contribution in [0.3, 0.4) is 0 Å². The van der Waals surface area contributed by atoms with E-state index in [2.05, 4.69) is 25.0 Å². The van der Waals surface area contributed by atoms with Crippen molar-refractivity contribution in [2.24, 2.45) is 0 Å². The Morgan fingerprint density at radius 3 is 2.55 bits per heavy atom. The van der Waals surface area contributed by atoms with Gasteiger partial charge in [0, 0.05) is 52.9 Å². The number of rotatable bonds is 9. The quantitative estimate of drug-likeness (QED) is 0.184. The zero-order chi connectivity index (χ0) is 27.3. The van der Waals surface area contributed by atoms with E-state index in [1.165, 1.54) is 42.8 Å². The van der Waals surface area contributed by atoms with Gasteiger partial charge in [0.25, 0.3) is 5.91 Å². The molecule has 0 radical (unpaired) electrons. The summed E-state index contributed by atoms with van der Waals surface area (Å²) in [4.78, 5) is 24.7. The molecular formula is C24H19ClF4N6O2S. The minimum absolute atomic E-state index is 0.0826. The van der Waals surface area contributed by atoms with Crippen LogP contribution in [0.1, 0.15) is 15.9 Å². The van der Waals surface area contributed by atoms with Crippen molar-refractivity contribution < 1.29 is 27.1 Å². The number of carbonyl (C=O) groups excluding carboxylic acids is 1. The Hall–Kier alpha value is -3.84. The van der Waals surface area contributed by atoms with Crippen LogP contribution < -0.4 is 14.8 Å². The third-order valence-electron chi connectivity index (χ3n) is 4.95. The van der Waals surface area contributed by atoms with Crippen molar-refractivity contribution in [2.75, 3.05) is 16.3 Å². The van der Waals surface area contributed by atoms with E-state index in [0.717, 1.165) is 23.0 Å². The Bertz CT molecular complexity index is 1440. The predicted molar refractivity (Wildman–Crippen MR) is 137 cm³/mol. The second-order valence-electron chi connectivity index (χ2n) is 7.88. The highest BCUT2D eigenvalue weighted by molar-refractivity contribution is 7.99. The molecule has 0 fully saturated rings. The summed E-state index contributed by atoms with van der Waals surface area (Å²) in [6.07, 6.45) is 3.36. The second-order valence-corrected chi connectivity index (χ2v) is 8.93. The number of aromatic nitrogens is 4. The second kappa shape index (κ2) is 11.7. The Morgan fingerprint density at radius 2 is 1.84 bits per heavy atom. The summed E-state index contributed by atoms with van der Waals surface area (Å²) in [6.45, 7) is -1.51. The van der Waals surface area contributed by atoms with Crippen molar-refractivity contribution in [3.8, 4) is 17.1 Å². The molecular weight excluding hydrogens is 548 g/mol. The molecule has 1 aromatic carbocycles.